The van der Waals surface area contributed by atoms with Crippen molar-refractivity contribution in [3.8, 4) is 5.75 Å². The first kappa shape index (κ1) is 12.4. The first-order valence-corrected chi connectivity index (χ1v) is 6.04. The maximum Gasteiger partial charge on any atom is 0.121 e. The lowest BCUT2D eigenvalue weighted by Crippen LogP contribution is -2.08. The molecular weight excluding hydrogens is 224 g/mol. The average molecular weight is 242 g/mol. The van der Waals surface area contributed by atoms with Crippen molar-refractivity contribution in [3.05, 3.63) is 53.3 Å². The van der Waals surface area contributed by atoms with Crippen LogP contribution < -0.4 is 5.32 Å². The molecule has 1 aromatic carbocycles. The summed E-state index contributed by atoms with van der Waals surface area (Å²) < 4.78 is 0. The summed E-state index contributed by atoms with van der Waals surface area (Å²) in [5.74, 6) is 0.330. The zero-order valence-electron chi connectivity index (χ0n) is 10.9. The third kappa shape index (κ3) is 2.62. The minimum absolute atomic E-state index is 0.0356. The fourth-order valence-electron chi connectivity index (χ4n) is 1.95. The molecule has 1 atom stereocenters. The molecule has 3 heteroatoms. The Bertz CT molecular complexity index is 552. The summed E-state index contributed by atoms with van der Waals surface area (Å²) in [4.78, 5) is 4.10. The normalized spacial score (nSPS) is 12.2. The summed E-state index contributed by atoms with van der Waals surface area (Å²) >= 11 is 0. The molecule has 0 amide bonds. The Morgan fingerprint density at radius 3 is 2.67 bits per heavy atom. The maximum absolute atomic E-state index is 9.95. The molecule has 2 N–H and O–H groups in total. The number of pyridine rings is 1. The van der Waals surface area contributed by atoms with Crippen LogP contribution in [0, 0.1) is 13.8 Å². The highest BCUT2D eigenvalue weighted by Gasteiger charge is 2.11. The highest BCUT2D eigenvalue weighted by Crippen LogP contribution is 2.28. The number of hydrogen-bond acceptors (Lipinski definition) is 3. The number of benzene rings is 1. The van der Waals surface area contributed by atoms with E-state index in [2.05, 4.69) is 10.3 Å². The number of phenols is 1. The third-order valence-electron chi connectivity index (χ3n) is 3.06. The molecule has 0 saturated heterocycles. The van der Waals surface area contributed by atoms with Gasteiger partial charge in [0.2, 0.25) is 0 Å². The summed E-state index contributed by atoms with van der Waals surface area (Å²) in [6, 6.07) is 7.74. The quantitative estimate of drug-likeness (QED) is 0.864. The summed E-state index contributed by atoms with van der Waals surface area (Å²) in [6.45, 7) is 6.02. The van der Waals surface area contributed by atoms with E-state index in [1.807, 2.05) is 39.0 Å². The van der Waals surface area contributed by atoms with Gasteiger partial charge in [0.1, 0.15) is 5.75 Å². The van der Waals surface area contributed by atoms with Gasteiger partial charge >= 0.3 is 0 Å². The third-order valence-corrected chi connectivity index (χ3v) is 3.06. The number of aryl methyl sites for hydroxylation is 2. The second kappa shape index (κ2) is 5.08. The topological polar surface area (TPSA) is 45.2 Å². The number of anilines is 1. The number of hydrogen-bond donors (Lipinski definition) is 2. The van der Waals surface area contributed by atoms with E-state index in [-0.39, 0.29) is 6.04 Å². The molecule has 0 aliphatic heterocycles. The molecule has 18 heavy (non-hydrogen) atoms. The number of nitrogens with zero attached hydrogens (tertiary/aromatic N) is 1. The SMILES string of the molecule is Cc1ccc(C(C)Nc2cnccc2C)c(O)c1. The molecule has 3 nitrogen and oxygen atoms in total. The van der Waals surface area contributed by atoms with Crippen LogP contribution in [0.4, 0.5) is 5.69 Å². The van der Waals surface area contributed by atoms with E-state index in [0.29, 0.717) is 5.75 Å². The van der Waals surface area contributed by atoms with Crippen LogP contribution in [-0.2, 0) is 0 Å². The van der Waals surface area contributed by atoms with Crippen molar-refractivity contribution in [1.82, 2.24) is 4.98 Å². The molecule has 0 saturated carbocycles. The number of rotatable bonds is 3. The fraction of sp³-hybridized carbons (Fsp3) is 0.267. The highest BCUT2D eigenvalue weighted by atomic mass is 16.3. The van der Waals surface area contributed by atoms with E-state index in [9.17, 15) is 5.11 Å². The molecule has 1 aromatic heterocycles. The van der Waals surface area contributed by atoms with Gasteiger partial charge in [-0.05, 0) is 44.0 Å². The summed E-state index contributed by atoms with van der Waals surface area (Å²) in [5, 5.41) is 13.3. The minimum Gasteiger partial charge on any atom is -0.508 e. The predicted molar refractivity (Wildman–Crippen MR) is 73.9 cm³/mol. The molecule has 2 aromatic rings. The molecule has 0 aliphatic rings. The average Bonchev–Trinajstić information content (AvgIpc) is 2.32. The van der Waals surface area contributed by atoms with E-state index in [0.717, 1.165) is 22.4 Å². The van der Waals surface area contributed by atoms with Crippen LogP contribution in [-0.4, -0.2) is 10.1 Å². The van der Waals surface area contributed by atoms with Crippen molar-refractivity contribution in [2.75, 3.05) is 5.32 Å². The maximum atomic E-state index is 9.95. The molecule has 0 fully saturated rings. The zero-order chi connectivity index (χ0) is 13.1. The van der Waals surface area contributed by atoms with Crippen LogP contribution in [0.2, 0.25) is 0 Å². The first-order valence-electron chi connectivity index (χ1n) is 6.04. The summed E-state index contributed by atoms with van der Waals surface area (Å²) in [5.41, 5.74) is 4.08. The number of nitrogens with one attached hydrogen (secondary N) is 1. The standard InChI is InChI=1S/C15H18N2O/c1-10-4-5-13(15(18)8-10)12(3)17-14-9-16-7-6-11(14)2/h4-9,12,17-18H,1-3H3. The largest absolute Gasteiger partial charge is 0.508 e. The van der Waals surface area contributed by atoms with Crippen molar-refractivity contribution in [2.24, 2.45) is 0 Å². The lowest BCUT2D eigenvalue weighted by Gasteiger charge is -2.18. The molecule has 1 unspecified atom stereocenters. The van der Waals surface area contributed by atoms with Gasteiger partial charge in [-0.1, -0.05) is 12.1 Å². The highest BCUT2D eigenvalue weighted by molar-refractivity contribution is 5.51. The number of aromatic nitrogens is 1. The molecule has 0 spiro atoms. The van der Waals surface area contributed by atoms with E-state index in [4.69, 9.17) is 0 Å². The fourth-order valence-corrected chi connectivity index (χ4v) is 1.95. The second-order valence-corrected chi connectivity index (χ2v) is 4.62. The Hall–Kier alpha value is -2.03. The van der Waals surface area contributed by atoms with Crippen LogP contribution in [0.25, 0.3) is 0 Å². The Labute approximate surface area is 108 Å². The van der Waals surface area contributed by atoms with E-state index in [1.165, 1.54) is 0 Å². The lowest BCUT2D eigenvalue weighted by atomic mass is 10.0. The van der Waals surface area contributed by atoms with Crippen molar-refractivity contribution < 1.29 is 5.11 Å². The van der Waals surface area contributed by atoms with Gasteiger partial charge < -0.3 is 10.4 Å². The van der Waals surface area contributed by atoms with Gasteiger partial charge in [-0.2, -0.15) is 0 Å². The van der Waals surface area contributed by atoms with Crippen molar-refractivity contribution >= 4 is 5.69 Å². The monoisotopic (exact) mass is 242 g/mol. The van der Waals surface area contributed by atoms with Gasteiger partial charge in [-0.3, -0.25) is 4.98 Å². The van der Waals surface area contributed by atoms with Gasteiger partial charge in [0.25, 0.3) is 0 Å². The molecule has 2 rings (SSSR count). The Balaban J connectivity index is 2.22. The predicted octanol–water partition coefficient (Wildman–Crippen LogP) is 3.58. The van der Waals surface area contributed by atoms with Crippen LogP contribution in [0.5, 0.6) is 5.75 Å². The molecular formula is C15H18N2O. The summed E-state index contributed by atoms with van der Waals surface area (Å²) in [7, 11) is 0. The molecule has 1 heterocycles. The molecule has 0 bridgehead atoms. The second-order valence-electron chi connectivity index (χ2n) is 4.62. The minimum atomic E-state index is 0.0356. The van der Waals surface area contributed by atoms with Gasteiger partial charge in [-0.15, -0.1) is 0 Å². The van der Waals surface area contributed by atoms with Crippen LogP contribution in [0.15, 0.2) is 36.7 Å². The van der Waals surface area contributed by atoms with E-state index < -0.39 is 0 Å². The molecule has 0 radical (unpaired) electrons. The molecule has 0 aliphatic carbocycles. The molecule has 94 valence electrons. The Morgan fingerprint density at radius 2 is 2.00 bits per heavy atom. The van der Waals surface area contributed by atoms with Gasteiger partial charge in [0.05, 0.1) is 17.9 Å². The summed E-state index contributed by atoms with van der Waals surface area (Å²) in [6.07, 6.45) is 3.58. The van der Waals surface area contributed by atoms with Crippen molar-refractivity contribution in [3.63, 3.8) is 0 Å². The van der Waals surface area contributed by atoms with Crippen LogP contribution in [0.1, 0.15) is 29.7 Å². The van der Waals surface area contributed by atoms with E-state index in [1.54, 1.807) is 18.5 Å². The van der Waals surface area contributed by atoms with Crippen molar-refractivity contribution in [2.45, 2.75) is 26.8 Å². The first-order chi connectivity index (χ1) is 8.58. The Kier molecular flexibility index (Phi) is 3.51. The van der Waals surface area contributed by atoms with Crippen molar-refractivity contribution in [1.29, 1.82) is 0 Å². The van der Waals surface area contributed by atoms with Gasteiger partial charge in [0, 0.05) is 11.8 Å². The zero-order valence-corrected chi connectivity index (χ0v) is 10.9. The Morgan fingerprint density at radius 1 is 1.22 bits per heavy atom. The van der Waals surface area contributed by atoms with Gasteiger partial charge in [-0.25, -0.2) is 0 Å². The number of phenolic OH excluding ortho intramolecular Hbond substituents is 1. The van der Waals surface area contributed by atoms with Crippen LogP contribution in [0.3, 0.4) is 0 Å². The lowest BCUT2D eigenvalue weighted by molar-refractivity contribution is 0.465. The van der Waals surface area contributed by atoms with Gasteiger partial charge in [0.15, 0.2) is 0 Å². The smallest absolute Gasteiger partial charge is 0.121 e. The van der Waals surface area contributed by atoms with Crippen LogP contribution >= 0.6 is 0 Å². The number of aromatic hydroxyl groups is 1. The van der Waals surface area contributed by atoms with E-state index >= 15 is 0 Å².